The van der Waals surface area contributed by atoms with Crippen molar-refractivity contribution in [2.45, 2.75) is 64.0 Å². The maximum Gasteiger partial charge on any atom is 0.0897 e. The Kier molecular flexibility index (Phi) is 8.62. The molecular formula is C15H31NO3. The molecule has 1 unspecified atom stereocenters. The first-order chi connectivity index (χ1) is 9.22. The van der Waals surface area contributed by atoms with Crippen molar-refractivity contribution >= 4 is 0 Å². The standard InChI is InChI=1S/C15H31NO3/c1-3-5-9-18-10-11-19-13-14(17)12-16-15(4-2)7-6-8-15/h14,16-17H,3-13H2,1-2H3. The smallest absolute Gasteiger partial charge is 0.0897 e. The van der Waals surface area contributed by atoms with Gasteiger partial charge in [-0.25, -0.2) is 0 Å². The van der Waals surface area contributed by atoms with E-state index in [1.54, 1.807) is 0 Å². The maximum absolute atomic E-state index is 9.84. The summed E-state index contributed by atoms with van der Waals surface area (Å²) in [4.78, 5) is 0. The minimum Gasteiger partial charge on any atom is -0.389 e. The summed E-state index contributed by atoms with van der Waals surface area (Å²) >= 11 is 0. The normalized spacial score (nSPS) is 19.1. The Bertz CT molecular complexity index is 214. The fourth-order valence-corrected chi connectivity index (χ4v) is 2.34. The Balaban J connectivity index is 1.92. The number of unbranched alkanes of at least 4 members (excludes halogenated alkanes) is 1. The Morgan fingerprint density at radius 1 is 1.16 bits per heavy atom. The van der Waals surface area contributed by atoms with Crippen LogP contribution in [0.15, 0.2) is 0 Å². The van der Waals surface area contributed by atoms with Crippen LogP contribution in [0, 0.1) is 0 Å². The fourth-order valence-electron chi connectivity index (χ4n) is 2.34. The van der Waals surface area contributed by atoms with Crippen LogP contribution in [0.5, 0.6) is 0 Å². The number of β-amino-alcohol motifs (C(OH)–C–C–N with tert-alkyl or cyclic N) is 1. The molecule has 1 aliphatic rings. The van der Waals surface area contributed by atoms with E-state index in [4.69, 9.17) is 9.47 Å². The van der Waals surface area contributed by atoms with Crippen LogP contribution in [0.25, 0.3) is 0 Å². The van der Waals surface area contributed by atoms with Gasteiger partial charge in [0.15, 0.2) is 0 Å². The molecule has 1 rings (SSSR count). The van der Waals surface area contributed by atoms with Crippen molar-refractivity contribution < 1.29 is 14.6 Å². The van der Waals surface area contributed by atoms with E-state index < -0.39 is 6.10 Å². The van der Waals surface area contributed by atoms with Gasteiger partial charge in [-0.3, -0.25) is 0 Å². The molecule has 1 fully saturated rings. The van der Waals surface area contributed by atoms with Crippen LogP contribution in [-0.4, -0.2) is 49.7 Å². The molecule has 1 aliphatic carbocycles. The lowest BCUT2D eigenvalue weighted by atomic mass is 9.75. The Morgan fingerprint density at radius 2 is 1.89 bits per heavy atom. The summed E-state index contributed by atoms with van der Waals surface area (Å²) in [7, 11) is 0. The van der Waals surface area contributed by atoms with Crippen molar-refractivity contribution in [3.63, 3.8) is 0 Å². The predicted octanol–water partition coefficient (Wildman–Crippen LogP) is 2.10. The van der Waals surface area contributed by atoms with Gasteiger partial charge in [0.05, 0.1) is 25.9 Å². The highest BCUT2D eigenvalue weighted by atomic mass is 16.5. The zero-order chi connectivity index (χ0) is 14.0. The second-order valence-corrected chi connectivity index (χ2v) is 5.56. The Morgan fingerprint density at radius 3 is 2.47 bits per heavy atom. The summed E-state index contributed by atoms with van der Waals surface area (Å²) in [5.41, 5.74) is 0.296. The molecule has 4 nitrogen and oxygen atoms in total. The summed E-state index contributed by atoms with van der Waals surface area (Å²) in [6, 6.07) is 0. The molecule has 4 heteroatoms. The molecule has 1 atom stereocenters. The third-order valence-electron chi connectivity index (χ3n) is 4.02. The molecule has 2 N–H and O–H groups in total. The average Bonchev–Trinajstić information content (AvgIpc) is 2.37. The monoisotopic (exact) mass is 273 g/mol. The summed E-state index contributed by atoms with van der Waals surface area (Å²) in [6.07, 6.45) is 6.77. The SMILES string of the molecule is CCCCOCCOCC(O)CNC1(CC)CCC1. The minimum atomic E-state index is -0.417. The molecule has 0 amide bonds. The van der Waals surface area contributed by atoms with Crippen molar-refractivity contribution in [1.29, 1.82) is 0 Å². The quantitative estimate of drug-likeness (QED) is 0.535. The van der Waals surface area contributed by atoms with E-state index in [2.05, 4.69) is 19.2 Å². The molecule has 19 heavy (non-hydrogen) atoms. The summed E-state index contributed by atoms with van der Waals surface area (Å²) in [5.74, 6) is 0. The zero-order valence-electron chi connectivity index (χ0n) is 12.6. The largest absolute Gasteiger partial charge is 0.389 e. The van der Waals surface area contributed by atoms with E-state index in [1.165, 1.54) is 19.3 Å². The predicted molar refractivity (Wildman–Crippen MR) is 77.4 cm³/mol. The number of hydrogen-bond acceptors (Lipinski definition) is 4. The molecular weight excluding hydrogens is 242 g/mol. The zero-order valence-corrected chi connectivity index (χ0v) is 12.6. The lowest BCUT2D eigenvalue weighted by Crippen LogP contribution is -2.53. The van der Waals surface area contributed by atoms with Gasteiger partial charge >= 0.3 is 0 Å². The molecule has 0 aromatic heterocycles. The lowest BCUT2D eigenvalue weighted by molar-refractivity contribution is -0.000841. The van der Waals surface area contributed by atoms with Gasteiger partial charge < -0.3 is 19.9 Å². The van der Waals surface area contributed by atoms with Crippen molar-refractivity contribution in [1.82, 2.24) is 5.32 Å². The van der Waals surface area contributed by atoms with Crippen LogP contribution in [0.1, 0.15) is 52.4 Å². The number of aliphatic hydroxyl groups is 1. The van der Waals surface area contributed by atoms with Gasteiger partial charge in [0.25, 0.3) is 0 Å². The number of rotatable bonds is 12. The second kappa shape index (κ2) is 9.70. The van der Waals surface area contributed by atoms with Gasteiger partial charge in [0.2, 0.25) is 0 Å². The highest BCUT2D eigenvalue weighted by molar-refractivity contribution is 4.94. The van der Waals surface area contributed by atoms with E-state index in [0.717, 1.165) is 25.9 Å². The molecule has 0 aromatic carbocycles. The average molecular weight is 273 g/mol. The van der Waals surface area contributed by atoms with Gasteiger partial charge in [0, 0.05) is 18.7 Å². The van der Waals surface area contributed by atoms with Crippen molar-refractivity contribution in [3.8, 4) is 0 Å². The molecule has 0 bridgehead atoms. The highest BCUT2D eigenvalue weighted by Gasteiger charge is 2.34. The van der Waals surface area contributed by atoms with E-state index in [-0.39, 0.29) is 0 Å². The fraction of sp³-hybridized carbons (Fsp3) is 1.00. The van der Waals surface area contributed by atoms with Crippen LogP contribution in [0.3, 0.4) is 0 Å². The van der Waals surface area contributed by atoms with E-state index in [0.29, 0.717) is 31.9 Å². The molecule has 114 valence electrons. The molecule has 1 saturated carbocycles. The topological polar surface area (TPSA) is 50.7 Å². The van der Waals surface area contributed by atoms with Crippen LogP contribution in [0.2, 0.25) is 0 Å². The first kappa shape index (κ1) is 16.9. The third-order valence-corrected chi connectivity index (χ3v) is 4.02. The van der Waals surface area contributed by atoms with Crippen LogP contribution < -0.4 is 5.32 Å². The molecule has 0 spiro atoms. The second-order valence-electron chi connectivity index (χ2n) is 5.56. The first-order valence-electron chi connectivity index (χ1n) is 7.81. The molecule has 0 heterocycles. The number of hydrogen-bond donors (Lipinski definition) is 2. The van der Waals surface area contributed by atoms with E-state index in [9.17, 15) is 5.11 Å². The summed E-state index contributed by atoms with van der Waals surface area (Å²) in [6.45, 7) is 7.38. The van der Waals surface area contributed by atoms with Gasteiger partial charge in [-0.05, 0) is 32.1 Å². The number of nitrogens with one attached hydrogen (secondary N) is 1. The van der Waals surface area contributed by atoms with Crippen molar-refractivity contribution in [3.05, 3.63) is 0 Å². The van der Waals surface area contributed by atoms with Crippen molar-refractivity contribution in [2.75, 3.05) is 33.0 Å². The van der Waals surface area contributed by atoms with Crippen LogP contribution in [0.4, 0.5) is 0 Å². The Hall–Kier alpha value is -0.160. The Labute approximate surface area is 117 Å². The molecule has 0 aromatic rings. The maximum atomic E-state index is 9.84. The van der Waals surface area contributed by atoms with Gasteiger partial charge in [-0.2, -0.15) is 0 Å². The van der Waals surface area contributed by atoms with Crippen molar-refractivity contribution in [2.24, 2.45) is 0 Å². The first-order valence-corrected chi connectivity index (χ1v) is 7.81. The molecule has 0 aliphatic heterocycles. The highest BCUT2D eigenvalue weighted by Crippen LogP contribution is 2.34. The van der Waals surface area contributed by atoms with Gasteiger partial charge in [0.1, 0.15) is 0 Å². The van der Waals surface area contributed by atoms with Crippen LogP contribution in [-0.2, 0) is 9.47 Å². The number of ether oxygens (including phenoxy) is 2. The molecule has 0 radical (unpaired) electrons. The third kappa shape index (κ3) is 6.70. The summed E-state index contributed by atoms with van der Waals surface area (Å²) in [5, 5.41) is 13.3. The van der Waals surface area contributed by atoms with Gasteiger partial charge in [-0.1, -0.05) is 20.3 Å². The van der Waals surface area contributed by atoms with E-state index in [1.807, 2.05) is 0 Å². The lowest BCUT2D eigenvalue weighted by Gasteiger charge is -2.42. The minimum absolute atomic E-state index is 0.296. The summed E-state index contributed by atoms with van der Waals surface area (Å²) < 4.78 is 10.8. The molecule has 0 saturated heterocycles. The van der Waals surface area contributed by atoms with E-state index >= 15 is 0 Å². The van der Waals surface area contributed by atoms with Crippen LogP contribution >= 0.6 is 0 Å². The van der Waals surface area contributed by atoms with Gasteiger partial charge in [-0.15, -0.1) is 0 Å². The number of aliphatic hydroxyl groups excluding tert-OH is 1.